The highest BCUT2D eigenvalue weighted by molar-refractivity contribution is 6.03. The first kappa shape index (κ1) is 16.2. The largest absolute Gasteiger partial charge is 0.326 e. The summed E-state index contributed by atoms with van der Waals surface area (Å²) in [5, 5.41) is 6.39. The molecule has 0 saturated heterocycles. The molecule has 0 saturated carbocycles. The molecule has 23 heavy (non-hydrogen) atoms. The fourth-order valence-corrected chi connectivity index (χ4v) is 1.78. The van der Waals surface area contributed by atoms with E-state index < -0.39 is 5.91 Å². The summed E-state index contributed by atoms with van der Waals surface area (Å²) in [5.41, 5.74) is 3.99. The van der Waals surface area contributed by atoms with Crippen molar-refractivity contribution in [2.24, 2.45) is 5.10 Å². The lowest BCUT2D eigenvalue weighted by atomic mass is 10.2. The number of anilines is 1. The Morgan fingerprint density at radius 3 is 2.26 bits per heavy atom. The van der Waals surface area contributed by atoms with Crippen LogP contribution in [-0.4, -0.2) is 18.0 Å². The van der Waals surface area contributed by atoms with Gasteiger partial charge in [0.2, 0.25) is 11.8 Å². The summed E-state index contributed by atoms with van der Waals surface area (Å²) >= 11 is 0. The average molecular weight is 307 g/mol. The maximum atomic E-state index is 11.7. The third-order valence-electron chi connectivity index (χ3n) is 2.82. The van der Waals surface area contributed by atoms with Gasteiger partial charge in [-0.2, -0.15) is 5.10 Å². The van der Waals surface area contributed by atoms with Crippen molar-refractivity contribution in [1.82, 2.24) is 5.43 Å². The van der Waals surface area contributed by atoms with Crippen molar-refractivity contribution >= 4 is 29.8 Å². The minimum Gasteiger partial charge on any atom is -0.326 e. The first-order valence-corrected chi connectivity index (χ1v) is 7.12. The van der Waals surface area contributed by atoms with Gasteiger partial charge >= 0.3 is 0 Å². The van der Waals surface area contributed by atoms with Gasteiger partial charge in [-0.05, 0) is 23.8 Å². The number of carbonyl (C=O) groups is 2. The zero-order valence-electron chi connectivity index (χ0n) is 12.5. The molecular formula is C18H17N3O2. The molecular weight excluding hydrogens is 290 g/mol. The Labute approximate surface area is 134 Å². The second-order valence-electron chi connectivity index (χ2n) is 4.67. The lowest BCUT2D eigenvalue weighted by Gasteiger charge is -2.03. The van der Waals surface area contributed by atoms with Gasteiger partial charge < -0.3 is 5.32 Å². The first-order valence-electron chi connectivity index (χ1n) is 7.12. The molecule has 2 amide bonds. The van der Waals surface area contributed by atoms with E-state index in [-0.39, 0.29) is 12.3 Å². The number of allylic oxidation sites excluding steroid dienone is 1. The molecule has 0 atom stereocenters. The second-order valence-corrected chi connectivity index (χ2v) is 4.67. The molecule has 0 bridgehead atoms. The van der Waals surface area contributed by atoms with Crippen molar-refractivity contribution in [3.8, 4) is 0 Å². The minimum absolute atomic E-state index is 0.283. The standard InChI is InChI=1S/C18H17N3O2/c22-17(20-16-11-5-2-6-12-16)14-18(23)21-19-13-7-10-15-8-3-1-4-9-15/h1-13H,14H2,(H,20,22)(H,21,23). The molecule has 0 aliphatic heterocycles. The third-order valence-corrected chi connectivity index (χ3v) is 2.82. The van der Waals surface area contributed by atoms with Crippen LogP contribution < -0.4 is 10.7 Å². The van der Waals surface area contributed by atoms with Crippen LogP contribution in [0.1, 0.15) is 12.0 Å². The predicted octanol–water partition coefficient (Wildman–Crippen LogP) is 2.83. The molecule has 0 aromatic heterocycles. The highest BCUT2D eigenvalue weighted by Crippen LogP contribution is 2.05. The lowest BCUT2D eigenvalue weighted by Crippen LogP contribution is -2.24. The van der Waals surface area contributed by atoms with Crippen LogP contribution in [0.5, 0.6) is 0 Å². The van der Waals surface area contributed by atoms with Crippen LogP contribution in [0.2, 0.25) is 0 Å². The number of nitrogens with zero attached hydrogens (tertiary/aromatic N) is 1. The van der Waals surface area contributed by atoms with Crippen molar-refractivity contribution in [3.63, 3.8) is 0 Å². The van der Waals surface area contributed by atoms with Crippen molar-refractivity contribution in [2.45, 2.75) is 6.42 Å². The molecule has 2 aromatic carbocycles. The average Bonchev–Trinajstić information content (AvgIpc) is 2.56. The van der Waals surface area contributed by atoms with Crippen molar-refractivity contribution in [2.75, 3.05) is 5.32 Å². The fraction of sp³-hybridized carbons (Fsp3) is 0.0556. The minimum atomic E-state index is -0.470. The number of benzene rings is 2. The maximum Gasteiger partial charge on any atom is 0.249 e. The molecule has 0 heterocycles. The summed E-state index contributed by atoms with van der Waals surface area (Å²) in [6, 6.07) is 18.7. The van der Waals surface area contributed by atoms with Gasteiger partial charge in [0, 0.05) is 11.9 Å². The van der Waals surface area contributed by atoms with E-state index in [0.717, 1.165) is 5.56 Å². The zero-order valence-corrected chi connectivity index (χ0v) is 12.5. The van der Waals surface area contributed by atoms with Crippen LogP contribution in [-0.2, 0) is 9.59 Å². The van der Waals surface area contributed by atoms with Crippen LogP contribution in [0.15, 0.2) is 71.8 Å². The summed E-state index contributed by atoms with van der Waals surface area (Å²) in [6.07, 6.45) is 4.74. The lowest BCUT2D eigenvalue weighted by molar-refractivity contribution is -0.126. The summed E-state index contributed by atoms with van der Waals surface area (Å²) in [5.74, 6) is -0.855. The Balaban J connectivity index is 1.71. The van der Waals surface area contributed by atoms with Gasteiger partial charge in [0.1, 0.15) is 6.42 Å². The van der Waals surface area contributed by atoms with Gasteiger partial charge in [0.25, 0.3) is 0 Å². The first-order chi connectivity index (χ1) is 11.2. The van der Waals surface area contributed by atoms with Gasteiger partial charge in [0.05, 0.1) is 0 Å². The summed E-state index contributed by atoms with van der Waals surface area (Å²) in [6.45, 7) is 0. The maximum absolute atomic E-state index is 11.7. The summed E-state index contributed by atoms with van der Waals surface area (Å²) in [7, 11) is 0. The van der Waals surface area contributed by atoms with Crippen LogP contribution in [0.4, 0.5) is 5.69 Å². The number of carbonyl (C=O) groups excluding carboxylic acids is 2. The smallest absolute Gasteiger partial charge is 0.249 e. The van der Waals surface area contributed by atoms with E-state index in [1.54, 1.807) is 30.3 Å². The molecule has 116 valence electrons. The molecule has 2 N–H and O–H groups in total. The number of rotatable bonds is 6. The van der Waals surface area contributed by atoms with Gasteiger partial charge in [-0.3, -0.25) is 9.59 Å². The van der Waals surface area contributed by atoms with Gasteiger partial charge in [-0.15, -0.1) is 0 Å². The topological polar surface area (TPSA) is 70.6 Å². The van der Waals surface area contributed by atoms with Crippen LogP contribution in [0.25, 0.3) is 6.08 Å². The van der Waals surface area contributed by atoms with Crippen molar-refractivity contribution < 1.29 is 9.59 Å². The Kier molecular flexibility index (Phi) is 6.28. The van der Waals surface area contributed by atoms with Gasteiger partial charge in [-0.25, -0.2) is 5.43 Å². The molecule has 0 fully saturated rings. The molecule has 5 nitrogen and oxygen atoms in total. The number of para-hydroxylation sites is 1. The third kappa shape index (κ3) is 6.39. The molecule has 0 radical (unpaired) electrons. The highest BCUT2D eigenvalue weighted by atomic mass is 16.2. The molecule has 2 rings (SSSR count). The van der Waals surface area contributed by atoms with E-state index in [4.69, 9.17) is 0 Å². The number of amides is 2. The summed E-state index contributed by atoms with van der Waals surface area (Å²) < 4.78 is 0. The van der Waals surface area contributed by atoms with Crippen molar-refractivity contribution in [3.05, 3.63) is 72.3 Å². The van der Waals surface area contributed by atoms with E-state index in [2.05, 4.69) is 15.8 Å². The van der Waals surface area contributed by atoms with E-state index in [1.165, 1.54) is 6.21 Å². The highest BCUT2D eigenvalue weighted by Gasteiger charge is 2.08. The Hall–Kier alpha value is -3.21. The SMILES string of the molecule is O=C(CC(=O)Nc1ccccc1)NN=CC=Cc1ccccc1. The number of hydrogen-bond donors (Lipinski definition) is 2. The molecule has 2 aromatic rings. The second kappa shape index (κ2) is 8.94. The quantitative estimate of drug-likeness (QED) is 0.489. The number of hydrogen-bond acceptors (Lipinski definition) is 3. The zero-order chi connectivity index (χ0) is 16.3. The van der Waals surface area contributed by atoms with Crippen LogP contribution >= 0.6 is 0 Å². The van der Waals surface area contributed by atoms with E-state index in [0.29, 0.717) is 5.69 Å². The molecule has 0 aliphatic carbocycles. The van der Waals surface area contributed by atoms with Gasteiger partial charge in [0.15, 0.2) is 0 Å². The Morgan fingerprint density at radius 1 is 0.913 bits per heavy atom. The molecule has 5 heteroatoms. The normalized spacial score (nSPS) is 10.8. The predicted molar refractivity (Wildman–Crippen MR) is 91.8 cm³/mol. The Morgan fingerprint density at radius 2 is 1.57 bits per heavy atom. The van der Waals surface area contributed by atoms with Gasteiger partial charge in [-0.1, -0.05) is 54.6 Å². The van der Waals surface area contributed by atoms with E-state index in [9.17, 15) is 9.59 Å². The molecule has 0 unspecified atom stereocenters. The molecule has 0 spiro atoms. The summed E-state index contributed by atoms with van der Waals surface area (Å²) in [4.78, 5) is 23.2. The van der Waals surface area contributed by atoms with Crippen molar-refractivity contribution in [1.29, 1.82) is 0 Å². The van der Waals surface area contributed by atoms with Crippen LogP contribution in [0.3, 0.4) is 0 Å². The van der Waals surface area contributed by atoms with E-state index >= 15 is 0 Å². The van der Waals surface area contributed by atoms with Crippen LogP contribution in [0, 0.1) is 0 Å². The van der Waals surface area contributed by atoms with E-state index in [1.807, 2.05) is 42.5 Å². The monoisotopic (exact) mass is 307 g/mol. The number of nitrogens with one attached hydrogen (secondary N) is 2. The number of hydrazone groups is 1. The fourth-order valence-electron chi connectivity index (χ4n) is 1.78. The molecule has 0 aliphatic rings. The Bertz CT molecular complexity index is 695.